The Kier molecular flexibility index (Phi) is 3.09. The molecular formula is C12H17FN4O3S. The summed E-state index contributed by atoms with van der Waals surface area (Å²) < 4.78 is 40.8. The molecule has 1 atom stereocenters. The van der Waals surface area contributed by atoms with Gasteiger partial charge in [0.15, 0.2) is 5.04 Å². The summed E-state index contributed by atoms with van der Waals surface area (Å²) in [7, 11) is -2.59. The van der Waals surface area contributed by atoms with Gasteiger partial charge in [0.2, 0.25) is 9.84 Å². The van der Waals surface area contributed by atoms with Gasteiger partial charge in [0.05, 0.1) is 5.69 Å². The molecule has 1 saturated carbocycles. The number of rotatable bonds is 3. The van der Waals surface area contributed by atoms with Crippen LogP contribution in [0.1, 0.15) is 55.9 Å². The Morgan fingerprint density at radius 2 is 2.10 bits per heavy atom. The quantitative estimate of drug-likeness (QED) is 0.845. The number of alkyl halides is 1. The van der Waals surface area contributed by atoms with Crippen LogP contribution in [0.4, 0.5) is 4.39 Å². The highest BCUT2D eigenvalue weighted by Crippen LogP contribution is 2.44. The lowest BCUT2D eigenvalue weighted by atomic mass is 10.1. The summed E-state index contributed by atoms with van der Waals surface area (Å²) in [5.41, 5.74) is -2.54. The van der Waals surface area contributed by atoms with Crippen LogP contribution in [-0.2, 0) is 21.7 Å². The second kappa shape index (κ2) is 4.49. The smallest absolute Gasteiger partial charge is 0.251 e. The Bertz CT molecular complexity index is 706. The Morgan fingerprint density at radius 3 is 2.62 bits per heavy atom. The molecule has 0 amide bonds. The lowest BCUT2D eigenvalue weighted by molar-refractivity contribution is 0.0123. The van der Waals surface area contributed by atoms with Crippen molar-refractivity contribution in [2.45, 2.75) is 50.1 Å². The number of aromatic nitrogens is 3. The van der Waals surface area contributed by atoms with Crippen molar-refractivity contribution in [3.05, 3.63) is 11.4 Å². The van der Waals surface area contributed by atoms with Crippen molar-refractivity contribution >= 4 is 14.9 Å². The van der Waals surface area contributed by atoms with Crippen molar-refractivity contribution in [3.63, 3.8) is 0 Å². The summed E-state index contributed by atoms with van der Waals surface area (Å²) in [5.74, 6) is 0.145. The number of nitrogens with zero attached hydrogens (tertiary/aromatic N) is 4. The zero-order valence-corrected chi connectivity index (χ0v) is 12.9. The number of hydrogen-bond acceptors (Lipinski definition) is 6. The first-order chi connectivity index (χ1) is 9.72. The van der Waals surface area contributed by atoms with Crippen molar-refractivity contribution in [1.82, 2.24) is 15.0 Å². The lowest BCUT2D eigenvalue weighted by Crippen LogP contribution is -2.25. The van der Waals surface area contributed by atoms with Crippen molar-refractivity contribution in [3.8, 4) is 0 Å². The largest absolute Gasteiger partial charge is 0.389 e. The van der Waals surface area contributed by atoms with Gasteiger partial charge in [-0.05, 0) is 26.7 Å². The third kappa shape index (κ3) is 2.43. The van der Waals surface area contributed by atoms with Crippen molar-refractivity contribution in [2.75, 3.05) is 0 Å². The number of aryl methyl sites for hydroxylation is 1. The van der Waals surface area contributed by atoms with Crippen LogP contribution < -0.4 is 0 Å². The Labute approximate surface area is 122 Å². The standard InChI is InChI=1S/C12H17FN4O3S/c1-12(2)6-8(15-20-12)21(18,19)11(13)9-10(7-4-5-7)17(3)16-14-9/h7,11H,4-6H2,1-3H3. The molecule has 21 heavy (non-hydrogen) atoms. The van der Waals surface area contributed by atoms with E-state index in [0.29, 0.717) is 5.69 Å². The van der Waals surface area contributed by atoms with Gasteiger partial charge in [-0.15, -0.1) is 5.10 Å². The predicted molar refractivity (Wildman–Crippen MR) is 73.0 cm³/mol. The Morgan fingerprint density at radius 1 is 1.43 bits per heavy atom. The van der Waals surface area contributed by atoms with E-state index in [1.165, 1.54) is 4.68 Å². The van der Waals surface area contributed by atoms with E-state index in [-0.39, 0.29) is 23.1 Å². The van der Waals surface area contributed by atoms with Crippen LogP contribution in [0.3, 0.4) is 0 Å². The molecule has 7 nitrogen and oxygen atoms in total. The molecule has 2 heterocycles. The van der Waals surface area contributed by atoms with E-state index in [4.69, 9.17) is 4.84 Å². The van der Waals surface area contributed by atoms with Crippen LogP contribution in [0.5, 0.6) is 0 Å². The van der Waals surface area contributed by atoms with Gasteiger partial charge in [-0.1, -0.05) is 10.4 Å². The van der Waals surface area contributed by atoms with Gasteiger partial charge < -0.3 is 4.84 Å². The molecule has 1 aliphatic heterocycles. The summed E-state index contributed by atoms with van der Waals surface area (Å²) in [6.07, 6.45) is 1.85. The predicted octanol–water partition coefficient (Wildman–Crippen LogP) is 1.59. The fourth-order valence-corrected chi connectivity index (χ4v) is 3.79. The molecule has 0 saturated heterocycles. The summed E-state index contributed by atoms with van der Waals surface area (Å²) in [5, 5.41) is 10.7. The molecule has 1 aliphatic carbocycles. The Balaban J connectivity index is 1.93. The maximum absolute atomic E-state index is 14.6. The fraction of sp³-hybridized carbons (Fsp3) is 0.750. The van der Waals surface area contributed by atoms with Gasteiger partial charge in [-0.3, -0.25) is 4.68 Å². The summed E-state index contributed by atoms with van der Waals surface area (Å²) >= 11 is 0. The van der Waals surface area contributed by atoms with Crippen LogP contribution in [-0.4, -0.2) is 34.1 Å². The molecule has 0 radical (unpaired) electrons. The third-order valence-corrected chi connectivity index (χ3v) is 5.29. The zero-order chi connectivity index (χ0) is 15.4. The second-order valence-electron chi connectivity index (χ2n) is 6.13. The van der Waals surface area contributed by atoms with E-state index in [2.05, 4.69) is 15.5 Å². The van der Waals surface area contributed by atoms with Crippen LogP contribution >= 0.6 is 0 Å². The monoisotopic (exact) mass is 316 g/mol. The molecule has 9 heteroatoms. The molecule has 1 aromatic heterocycles. The summed E-state index contributed by atoms with van der Waals surface area (Å²) in [4.78, 5) is 5.02. The van der Waals surface area contributed by atoms with Gasteiger partial charge >= 0.3 is 0 Å². The molecule has 2 aliphatic rings. The van der Waals surface area contributed by atoms with Gasteiger partial charge in [0, 0.05) is 19.4 Å². The van der Waals surface area contributed by atoms with E-state index >= 15 is 0 Å². The molecule has 1 aromatic rings. The van der Waals surface area contributed by atoms with Gasteiger partial charge in [0.1, 0.15) is 11.3 Å². The minimum Gasteiger partial charge on any atom is -0.389 e. The first kappa shape index (κ1) is 14.4. The third-order valence-electron chi connectivity index (χ3n) is 3.65. The number of sulfone groups is 1. The van der Waals surface area contributed by atoms with Crippen LogP contribution in [0.2, 0.25) is 0 Å². The maximum Gasteiger partial charge on any atom is 0.251 e. The molecule has 0 bridgehead atoms. The first-order valence-electron chi connectivity index (χ1n) is 6.75. The van der Waals surface area contributed by atoms with E-state index < -0.39 is 20.9 Å². The highest BCUT2D eigenvalue weighted by atomic mass is 32.2. The minimum atomic E-state index is -4.24. The Hall–Kier alpha value is -1.51. The minimum absolute atomic E-state index is 0.0504. The highest BCUT2D eigenvalue weighted by Gasteiger charge is 2.44. The van der Waals surface area contributed by atoms with Crippen molar-refractivity contribution in [2.24, 2.45) is 12.2 Å². The van der Waals surface area contributed by atoms with Crippen LogP contribution in [0.15, 0.2) is 5.16 Å². The SMILES string of the molecule is Cn1nnc(C(F)S(=O)(=O)C2=NOC(C)(C)C2)c1C1CC1. The fourth-order valence-electron chi connectivity index (χ4n) is 2.39. The molecule has 0 N–H and O–H groups in total. The van der Waals surface area contributed by atoms with Gasteiger partial charge in [0.25, 0.3) is 5.50 Å². The molecule has 3 rings (SSSR count). The average Bonchev–Trinajstić information content (AvgIpc) is 3.06. The van der Waals surface area contributed by atoms with Crippen LogP contribution in [0, 0.1) is 0 Å². The molecular weight excluding hydrogens is 299 g/mol. The van der Waals surface area contributed by atoms with Crippen LogP contribution in [0.25, 0.3) is 0 Å². The van der Waals surface area contributed by atoms with E-state index in [9.17, 15) is 12.8 Å². The normalized spacial score (nSPS) is 22.8. The van der Waals surface area contributed by atoms with Crippen molar-refractivity contribution in [1.29, 1.82) is 0 Å². The highest BCUT2D eigenvalue weighted by molar-refractivity contribution is 8.06. The molecule has 1 unspecified atom stereocenters. The van der Waals surface area contributed by atoms with Gasteiger partial charge in [-0.2, -0.15) is 0 Å². The van der Waals surface area contributed by atoms with E-state index in [1.807, 2.05) is 0 Å². The van der Waals surface area contributed by atoms with Gasteiger partial charge in [-0.25, -0.2) is 12.8 Å². The summed E-state index contributed by atoms with van der Waals surface area (Å²) in [6, 6.07) is 0. The topological polar surface area (TPSA) is 86.4 Å². The number of halogens is 1. The van der Waals surface area contributed by atoms with E-state index in [0.717, 1.165) is 12.8 Å². The molecule has 1 fully saturated rings. The lowest BCUT2D eigenvalue weighted by Gasteiger charge is -2.13. The zero-order valence-electron chi connectivity index (χ0n) is 12.1. The average molecular weight is 316 g/mol. The summed E-state index contributed by atoms with van der Waals surface area (Å²) in [6.45, 7) is 3.40. The molecule has 0 aromatic carbocycles. The first-order valence-corrected chi connectivity index (χ1v) is 8.29. The molecule has 116 valence electrons. The van der Waals surface area contributed by atoms with Crippen molar-refractivity contribution < 1.29 is 17.6 Å². The maximum atomic E-state index is 14.6. The molecule has 0 spiro atoms. The van der Waals surface area contributed by atoms with E-state index in [1.54, 1.807) is 20.9 Å². The number of oxime groups is 1. The number of hydrogen-bond donors (Lipinski definition) is 0. The second-order valence-corrected chi connectivity index (χ2v) is 8.11.